The molecule has 3 heteroatoms. The minimum atomic E-state index is 0.558. The molecule has 1 aromatic rings. The van der Waals surface area contributed by atoms with Crippen LogP contribution < -0.4 is 5.73 Å². The topological polar surface area (TPSA) is 43.8 Å². The Balaban J connectivity index is 2.10. The Kier molecular flexibility index (Phi) is 3.41. The quantitative estimate of drug-likeness (QED) is 0.821. The molecular formula is C12H21N3. The maximum absolute atomic E-state index is 5.54. The summed E-state index contributed by atoms with van der Waals surface area (Å²) in [6.45, 7) is 3.06. The van der Waals surface area contributed by atoms with Gasteiger partial charge in [0.05, 0.1) is 12.0 Å². The maximum Gasteiger partial charge on any atom is 0.0954 e. The lowest BCUT2D eigenvalue weighted by atomic mass is 10.0. The van der Waals surface area contributed by atoms with E-state index in [4.69, 9.17) is 5.73 Å². The lowest BCUT2D eigenvalue weighted by Gasteiger charge is -2.19. The number of imidazole rings is 1. The number of aromatic nitrogens is 2. The molecule has 0 aromatic carbocycles. The Labute approximate surface area is 91.7 Å². The van der Waals surface area contributed by atoms with E-state index in [0.29, 0.717) is 6.04 Å². The van der Waals surface area contributed by atoms with Gasteiger partial charge in [-0.25, -0.2) is 4.98 Å². The second-order valence-corrected chi connectivity index (χ2v) is 4.53. The summed E-state index contributed by atoms with van der Waals surface area (Å²) in [5, 5.41) is 0. The van der Waals surface area contributed by atoms with Gasteiger partial charge in [-0.3, -0.25) is 0 Å². The van der Waals surface area contributed by atoms with E-state index in [1.165, 1.54) is 43.5 Å². The summed E-state index contributed by atoms with van der Waals surface area (Å²) in [7, 11) is 0. The molecule has 0 fully saturated rings. The van der Waals surface area contributed by atoms with Crippen LogP contribution in [0.5, 0.6) is 0 Å². The molecule has 0 saturated carbocycles. The van der Waals surface area contributed by atoms with Crippen LogP contribution in [-0.2, 0) is 12.8 Å². The molecule has 0 bridgehead atoms. The third-order valence-electron chi connectivity index (χ3n) is 3.36. The number of rotatable bonds is 4. The monoisotopic (exact) mass is 207 g/mol. The van der Waals surface area contributed by atoms with Crippen LogP contribution in [0.1, 0.15) is 50.0 Å². The molecule has 1 aromatic heterocycles. The summed E-state index contributed by atoms with van der Waals surface area (Å²) in [5.74, 6) is 0. The van der Waals surface area contributed by atoms with Crippen molar-refractivity contribution in [1.29, 1.82) is 0 Å². The zero-order valence-corrected chi connectivity index (χ0v) is 9.58. The number of nitrogens with two attached hydrogens (primary N) is 1. The molecule has 0 radical (unpaired) electrons. The Morgan fingerprint density at radius 1 is 1.47 bits per heavy atom. The Morgan fingerprint density at radius 2 is 2.27 bits per heavy atom. The Bertz CT molecular complexity index is 317. The van der Waals surface area contributed by atoms with Crippen LogP contribution in [0.2, 0.25) is 0 Å². The molecule has 1 atom stereocenters. The van der Waals surface area contributed by atoms with Crippen molar-refractivity contribution in [1.82, 2.24) is 9.55 Å². The van der Waals surface area contributed by atoms with Crippen molar-refractivity contribution in [3.63, 3.8) is 0 Å². The first-order valence-electron chi connectivity index (χ1n) is 6.07. The Morgan fingerprint density at radius 3 is 3.07 bits per heavy atom. The van der Waals surface area contributed by atoms with E-state index in [9.17, 15) is 0 Å². The van der Waals surface area contributed by atoms with Gasteiger partial charge >= 0.3 is 0 Å². The van der Waals surface area contributed by atoms with Gasteiger partial charge in [-0.15, -0.1) is 0 Å². The van der Waals surface area contributed by atoms with Gasteiger partial charge in [0.15, 0.2) is 0 Å². The minimum Gasteiger partial charge on any atom is -0.332 e. The van der Waals surface area contributed by atoms with E-state index < -0.39 is 0 Å². The first-order chi connectivity index (χ1) is 7.33. The van der Waals surface area contributed by atoms with Crippen LogP contribution in [0.15, 0.2) is 6.33 Å². The number of hydrogen-bond acceptors (Lipinski definition) is 2. The molecule has 3 nitrogen and oxygen atoms in total. The van der Waals surface area contributed by atoms with E-state index in [0.717, 1.165) is 13.0 Å². The summed E-state index contributed by atoms with van der Waals surface area (Å²) in [4.78, 5) is 4.52. The highest BCUT2D eigenvalue weighted by Crippen LogP contribution is 2.24. The fourth-order valence-electron chi connectivity index (χ4n) is 2.42. The van der Waals surface area contributed by atoms with Crippen molar-refractivity contribution in [3.8, 4) is 0 Å². The summed E-state index contributed by atoms with van der Waals surface area (Å²) < 4.78 is 2.37. The highest BCUT2D eigenvalue weighted by atomic mass is 15.1. The summed E-state index contributed by atoms with van der Waals surface area (Å²) in [5.41, 5.74) is 8.35. The zero-order chi connectivity index (χ0) is 10.7. The first-order valence-corrected chi connectivity index (χ1v) is 6.07. The van der Waals surface area contributed by atoms with Crippen LogP contribution in [-0.4, -0.2) is 16.1 Å². The minimum absolute atomic E-state index is 0.558. The second-order valence-electron chi connectivity index (χ2n) is 4.53. The van der Waals surface area contributed by atoms with Gasteiger partial charge in [-0.2, -0.15) is 0 Å². The third-order valence-corrected chi connectivity index (χ3v) is 3.36. The smallest absolute Gasteiger partial charge is 0.0954 e. The molecule has 15 heavy (non-hydrogen) atoms. The summed E-state index contributed by atoms with van der Waals surface area (Å²) in [6.07, 6.45) is 9.31. The van der Waals surface area contributed by atoms with Crippen molar-refractivity contribution < 1.29 is 0 Å². The van der Waals surface area contributed by atoms with Gasteiger partial charge in [0, 0.05) is 11.7 Å². The average molecular weight is 207 g/mol. The van der Waals surface area contributed by atoms with E-state index in [1.807, 2.05) is 6.33 Å². The molecular weight excluding hydrogens is 186 g/mol. The Hall–Kier alpha value is -0.830. The van der Waals surface area contributed by atoms with Gasteiger partial charge in [-0.1, -0.05) is 0 Å². The molecule has 2 N–H and O–H groups in total. The molecule has 1 aliphatic rings. The lowest BCUT2D eigenvalue weighted by Crippen LogP contribution is -2.13. The van der Waals surface area contributed by atoms with Gasteiger partial charge in [0.2, 0.25) is 0 Å². The predicted octanol–water partition coefficient (Wildman–Crippen LogP) is 2.06. The van der Waals surface area contributed by atoms with Crippen LogP contribution >= 0.6 is 0 Å². The van der Waals surface area contributed by atoms with Crippen molar-refractivity contribution in [2.45, 2.75) is 51.5 Å². The molecule has 0 spiro atoms. The molecule has 0 amide bonds. The highest BCUT2D eigenvalue weighted by Gasteiger charge is 2.17. The van der Waals surface area contributed by atoms with Crippen molar-refractivity contribution in [3.05, 3.63) is 17.7 Å². The molecule has 84 valence electrons. The van der Waals surface area contributed by atoms with Gasteiger partial charge in [0.1, 0.15) is 0 Å². The molecule has 1 heterocycles. The first kappa shape index (κ1) is 10.7. The standard InChI is InChI=1S/C12H21N3/c1-10(5-4-8-13)15-9-14-11-6-2-3-7-12(11)15/h9-10H,2-8,13H2,1H3. The molecule has 2 rings (SSSR count). The van der Waals surface area contributed by atoms with Crippen molar-refractivity contribution in [2.75, 3.05) is 6.54 Å². The normalized spacial score (nSPS) is 17.5. The zero-order valence-electron chi connectivity index (χ0n) is 9.58. The highest BCUT2D eigenvalue weighted by molar-refractivity contribution is 5.17. The predicted molar refractivity (Wildman–Crippen MR) is 61.9 cm³/mol. The molecule has 0 saturated heterocycles. The maximum atomic E-state index is 5.54. The number of nitrogens with zero attached hydrogens (tertiary/aromatic N) is 2. The molecule has 1 aliphatic carbocycles. The van der Waals surface area contributed by atoms with Gasteiger partial charge < -0.3 is 10.3 Å². The van der Waals surface area contributed by atoms with Gasteiger partial charge in [0.25, 0.3) is 0 Å². The van der Waals surface area contributed by atoms with Crippen molar-refractivity contribution >= 4 is 0 Å². The summed E-state index contributed by atoms with van der Waals surface area (Å²) in [6, 6.07) is 0.558. The van der Waals surface area contributed by atoms with E-state index in [2.05, 4.69) is 16.5 Å². The van der Waals surface area contributed by atoms with Crippen LogP contribution in [0.4, 0.5) is 0 Å². The number of hydrogen-bond donors (Lipinski definition) is 1. The third kappa shape index (κ3) is 2.23. The largest absolute Gasteiger partial charge is 0.332 e. The van der Waals surface area contributed by atoms with Crippen LogP contribution in [0, 0.1) is 0 Å². The fourth-order valence-corrected chi connectivity index (χ4v) is 2.42. The van der Waals surface area contributed by atoms with Crippen molar-refractivity contribution in [2.24, 2.45) is 5.73 Å². The van der Waals surface area contributed by atoms with Crippen LogP contribution in [0.25, 0.3) is 0 Å². The molecule has 0 aliphatic heterocycles. The SMILES string of the molecule is CC(CCCN)n1cnc2c1CCCC2. The lowest BCUT2D eigenvalue weighted by molar-refractivity contribution is 0.469. The number of fused-ring (bicyclic) bond motifs is 1. The second kappa shape index (κ2) is 4.79. The van der Waals surface area contributed by atoms with E-state index in [-0.39, 0.29) is 0 Å². The van der Waals surface area contributed by atoms with E-state index >= 15 is 0 Å². The van der Waals surface area contributed by atoms with Crippen LogP contribution in [0.3, 0.4) is 0 Å². The summed E-state index contributed by atoms with van der Waals surface area (Å²) >= 11 is 0. The fraction of sp³-hybridized carbons (Fsp3) is 0.750. The molecule has 1 unspecified atom stereocenters. The van der Waals surface area contributed by atoms with Gasteiger partial charge in [-0.05, 0) is 52.0 Å². The van der Waals surface area contributed by atoms with E-state index in [1.54, 1.807) is 0 Å². The number of aryl methyl sites for hydroxylation is 1. The average Bonchev–Trinajstić information content (AvgIpc) is 2.69.